The Morgan fingerprint density at radius 3 is 2.32 bits per heavy atom. The number of anilines is 1. The van der Waals surface area contributed by atoms with Crippen LogP contribution in [0.3, 0.4) is 0 Å². The van der Waals surface area contributed by atoms with E-state index in [0.717, 1.165) is 12.1 Å². The minimum Gasteiger partial charge on any atom is -0.488 e. The highest BCUT2D eigenvalue weighted by Gasteiger charge is 2.28. The number of carboxylic acid groups (broad SMARTS) is 2. The Hall–Kier alpha value is -3.92. The van der Waals surface area contributed by atoms with Gasteiger partial charge in [-0.05, 0) is 35.9 Å². The summed E-state index contributed by atoms with van der Waals surface area (Å²) in [6, 6.07) is 6.97. The minimum atomic E-state index is -1.70. The second kappa shape index (κ2) is 8.44. The molecule has 3 rings (SSSR count). The van der Waals surface area contributed by atoms with Crippen LogP contribution < -0.4 is 16.0 Å². The van der Waals surface area contributed by atoms with Crippen LogP contribution in [-0.2, 0) is 6.61 Å². The summed E-state index contributed by atoms with van der Waals surface area (Å²) < 4.78 is 32.2. The lowest BCUT2D eigenvalue weighted by Gasteiger charge is -2.16. The first-order chi connectivity index (χ1) is 14.6. The number of hydrogen-bond donors (Lipinski definition) is 4. The summed E-state index contributed by atoms with van der Waals surface area (Å²) in [7, 11) is 0. The Labute approximate surface area is 177 Å². The largest absolute Gasteiger partial charge is 0.488 e. The molecule has 0 saturated carbocycles. The third-order valence-corrected chi connectivity index (χ3v) is 4.50. The molecule has 8 nitrogen and oxygen atoms in total. The minimum absolute atomic E-state index is 0.0656. The van der Waals surface area contributed by atoms with Crippen molar-refractivity contribution in [3.05, 3.63) is 80.1 Å². The number of benzene rings is 2. The van der Waals surface area contributed by atoms with E-state index in [-0.39, 0.29) is 28.5 Å². The average molecular weight is 451 g/mol. The molecule has 5 N–H and O–H groups in total. The summed E-state index contributed by atoms with van der Waals surface area (Å²) in [6.45, 7) is -0.282. The van der Waals surface area contributed by atoms with Gasteiger partial charge in [-0.15, -0.1) is 0 Å². The third-order valence-electron chi connectivity index (χ3n) is 4.26. The lowest BCUT2D eigenvalue weighted by molar-refractivity contribution is 0.0695. The van der Waals surface area contributed by atoms with Gasteiger partial charge in [0.1, 0.15) is 29.3 Å². The topological polar surface area (TPSA) is 143 Å². The second-order valence-electron chi connectivity index (χ2n) is 6.28. The van der Waals surface area contributed by atoms with Crippen molar-refractivity contribution < 1.29 is 33.3 Å². The molecule has 0 atom stereocenters. The molecule has 31 heavy (non-hydrogen) atoms. The van der Waals surface area contributed by atoms with E-state index >= 15 is 0 Å². The number of H-pyrrole nitrogens is 1. The number of aromatic carboxylic acids is 2. The molecule has 0 unspecified atom stereocenters. The molecule has 11 heteroatoms. The lowest BCUT2D eigenvalue weighted by atomic mass is 9.94. The highest BCUT2D eigenvalue weighted by atomic mass is 35.5. The van der Waals surface area contributed by atoms with Gasteiger partial charge in [-0.1, -0.05) is 17.7 Å². The maximum Gasteiger partial charge on any atom is 0.342 e. The van der Waals surface area contributed by atoms with Crippen molar-refractivity contribution >= 4 is 29.4 Å². The van der Waals surface area contributed by atoms with Crippen LogP contribution in [0.25, 0.3) is 11.1 Å². The summed E-state index contributed by atoms with van der Waals surface area (Å²) in [5.74, 6) is -6.08. The molecule has 0 fully saturated rings. The summed E-state index contributed by atoms with van der Waals surface area (Å²) in [6.07, 6.45) is 0. The molecule has 0 aliphatic rings. The number of ether oxygens (including phenoxy) is 1. The molecule has 0 aliphatic heterocycles. The Morgan fingerprint density at radius 1 is 1.03 bits per heavy atom. The zero-order chi connectivity index (χ0) is 22.9. The molecule has 160 valence electrons. The zero-order valence-electron chi connectivity index (χ0n) is 15.4. The molecule has 0 spiro atoms. The van der Waals surface area contributed by atoms with E-state index in [1.807, 2.05) is 4.98 Å². The normalized spacial score (nSPS) is 10.7. The van der Waals surface area contributed by atoms with Crippen molar-refractivity contribution in [2.24, 2.45) is 0 Å². The number of carbonyl (C=O) groups is 2. The van der Waals surface area contributed by atoms with Crippen molar-refractivity contribution in [1.29, 1.82) is 0 Å². The molecule has 2 aromatic carbocycles. The predicted molar refractivity (Wildman–Crippen MR) is 107 cm³/mol. The summed E-state index contributed by atoms with van der Waals surface area (Å²) in [5.41, 5.74) is 2.54. The van der Waals surface area contributed by atoms with Crippen LogP contribution in [0.15, 0.2) is 41.2 Å². The van der Waals surface area contributed by atoms with Crippen LogP contribution in [-0.4, -0.2) is 27.1 Å². The van der Waals surface area contributed by atoms with Crippen LogP contribution in [0, 0.1) is 11.6 Å². The summed E-state index contributed by atoms with van der Waals surface area (Å²) in [4.78, 5) is 37.8. The first-order valence-corrected chi connectivity index (χ1v) is 8.87. The van der Waals surface area contributed by atoms with Crippen LogP contribution in [0.5, 0.6) is 5.75 Å². The fourth-order valence-electron chi connectivity index (χ4n) is 2.93. The van der Waals surface area contributed by atoms with Gasteiger partial charge < -0.3 is 25.7 Å². The van der Waals surface area contributed by atoms with Crippen LogP contribution in [0.2, 0.25) is 5.02 Å². The van der Waals surface area contributed by atoms with E-state index in [2.05, 4.69) is 0 Å². The van der Waals surface area contributed by atoms with Gasteiger partial charge in [0.15, 0.2) is 11.6 Å². The number of pyridine rings is 1. The van der Waals surface area contributed by atoms with Crippen molar-refractivity contribution in [3.8, 4) is 16.9 Å². The monoisotopic (exact) mass is 450 g/mol. The van der Waals surface area contributed by atoms with E-state index in [9.17, 15) is 33.4 Å². The number of carboxylic acids is 2. The van der Waals surface area contributed by atoms with Crippen molar-refractivity contribution in [2.75, 3.05) is 5.73 Å². The molecule has 0 bridgehead atoms. The lowest BCUT2D eigenvalue weighted by Crippen LogP contribution is -2.24. The van der Waals surface area contributed by atoms with E-state index in [1.165, 1.54) is 24.3 Å². The maximum atomic E-state index is 13.4. The van der Waals surface area contributed by atoms with Gasteiger partial charge >= 0.3 is 11.9 Å². The third kappa shape index (κ3) is 4.33. The van der Waals surface area contributed by atoms with Gasteiger partial charge in [-0.2, -0.15) is 0 Å². The zero-order valence-corrected chi connectivity index (χ0v) is 16.2. The number of nitrogens with two attached hydrogens (primary N) is 1. The summed E-state index contributed by atoms with van der Waals surface area (Å²) in [5, 5.41) is 19.2. The number of aromatic nitrogens is 1. The standard InChI is InChI=1S/C20H13ClF2N2O6/c21-9-2-4-13(31-7-8-1-3-11(22)12(23)5-8)10(6-9)14-15(19(27)28)17(24)25-18(26)16(14)20(29)30/h1-6H,7H2,(H,27,28)(H,29,30)(H3,24,25,26). The number of hydrogen-bond acceptors (Lipinski definition) is 5. The molecule has 0 saturated heterocycles. The molecule has 1 aromatic heterocycles. The number of nitrogens with one attached hydrogen (secondary N) is 1. The number of nitrogen functional groups attached to an aromatic ring is 1. The molecular weight excluding hydrogens is 438 g/mol. The van der Waals surface area contributed by atoms with Gasteiger partial charge in [-0.25, -0.2) is 18.4 Å². The van der Waals surface area contributed by atoms with E-state index in [1.54, 1.807) is 0 Å². The molecule has 0 aliphatic carbocycles. The first kappa shape index (κ1) is 21.8. The molecule has 3 aromatic rings. The smallest absolute Gasteiger partial charge is 0.342 e. The number of rotatable bonds is 6. The molecule has 0 radical (unpaired) electrons. The second-order valence-corrected chi connectivity index (χ2v) is 6.72. The van der Waals surface area contributed by atoms with Crippen LogP contribution in [0.1, 0.15) is 26.3 Å². The van der Waals surface area contributed by atoms with E-state index in [0.29, 0.717) is 0 Å². The number of halogens is 3. The van der Waals surface area contributed by atoms with E-state index in [4.69, 9.17) is 22.1 Å². The Kier molecular flexibility index (Phi) is 5.93. The number of aromatic amines is 1. The Balaban J connectivity index is 2.21. The van der Waals surface area contributed by atoms with Crippen molar-refractivity contribution in [2.45, 2.75) is 6.61 Å². The van der Waals surface area contributed by atoms with Crippen LogP contribution in [0.4, 0.5) is 14.6 Å². The fourth-order valence-corrected chi connectivity index (χ4v) is 3.10. The quantitative estimate of drug-likeness (QED) is 0.450. The Bertz CT molecular complexity index is 1280. The summed E-state index contributed by atoms with van der Waals surface area (Å²) >= 11 is 6.01. The average Bonchev–Trinajstić information content (AvgIpc) is 2.68. The molecule has 1 heterocycles. The molecule has 0 amide bonds. The fraction of sp³-hybridized carbons (Fsp3) is 0.0500. The highest BCUT2D eigenvalue weighted by Crippen LogP contribution is 2.38. The highest BCUT2D eigenvalue weighted by molar-refractivity contribution is 6.31. The predicted octanol–water partition coefficient (Wildman–Crippen LogP) is 3.53. The van der Waals surface area contributed by atoms with Gasteiger partial charge in [0.2, 0.25) is 0 Å². The van der Waals surface area contributed by atoms with Gasteiger partial charge in [0.05, 0.1) is 0 Å². The van der Waals surface area contributed by atoms with Gasteiger partial charge in [-0.3, -0.25) is 4.79 Å². The van der Waals surface area contributed by atoms with Crippen molar-refractivity contribution in [3.63, 3.8) is 0 Å². The SMILES string of the molecule is Nc1[nH]c(=O)c(C(=O)O)c(-c2cc(Cl)ccc2OCc2ccc(F)c(F)c2)c1C(=O)O. The van der Waals surface area contributed by atoms with Crippen LogP contribution >= 0.6 is 11.6 Å². The van der Waals surface area contributed by atoms with Crippen molar-refractivity contribution in [1.82, 2.24) is 4.98 Å². The maximum absolute atomic E-state index is 13.4. The first-order valence-electron chi connectivity index (χ1n) is 8.49. The molecular formula is C20H13ClF2N2O6. The Morgan fingerprint density at radius 2 is 1.71 bits per heavy atom. The van der Waals surface area contributed by atoms with Gasteiger partial charge in [0.25, 0.3) is 5.56 Å². The van der Waals surface area contributed by atoms with E-state index < -0.39 is 51.6 Å². The van der Waals surface area contributed by atoms with Gasteiger partial charge in [0, 0.05) is 16.1 Å².